The Morgan fingerprint density at radius 3 is 0.984 bits per heavy atom. The standard InChI is InChI=1S/C49H63F2N5O8.C45H59F2N5O6/c1-9-26(5)44(59)17-30(11-3)48(61)55-24-35(63-28(7)57)20-33(55)22-39-37-15-13-31(50)18-42(37)52-45(39)46-40(38-16-14-32(51)19-43(38)53-46)23-34-21-36(64-29(8)58)25-56(34)49(62)41(12-4)54-47(60)27(6)10-2;1-7-24(5)40(55)15-26(9-3)44(57)51-22-31(53)18-29(51)20-35-33-13-11-27(46)16-38(33)48-41(35)42-36(34-14-12-28(47)17-39(34)49-42)21-30-19-32(54)23-52(30)45(58)37(10-4)50-43(56)25(6)8-2/h13-16,18-19,26-27,30,33-36,41,52-53H,9-12,17,20-25H2,1-8H3,(H,54,60);11-14,16-17,24-26,29-32,37,48-49,53-54H,7-10,15,18-23H2,1-6H3,(H,50,56)/t26-,27-,30-,33+,34+,35+,36+,41+;24-,25-,26-,29+,30+,31+,32+,37+/m11/s1/i1D3,2D3,22D2,23D2;1D3,2D3,20D2,21D2. The Morgan fingerprint density at radius 1 is 0.418 bits per heavy atom. The van der Waals surface area contributed by atoms with Crippen molar-refractivity contribution >= 4 is 103 Å². The normalized spacial score (nSPS) is 24.5. The molecule has 8 aromatic rings. The fourth-order valence-corrected chi connectivity index (χ4v) is 16.4. The fraction of sp³-hybridized carbons (Fsp3) is 0.553. The summed E-state index contributed by atoms with van der Waals surface area (Å²) in [7, 11) is 0. The van der Waals surface area contributed by atoms with Crippen molar-refractivity contribution in [3.63, 3.8) is 0 Å². The predicted molar refractivity (Wildman–Crippen MR) is 458 cm³/mol. The minimum absolute atomic E-state index is 0.0142. The number of amides is 6. The predicted octanol–water partition coefficient (Wildman–Crippen LogP) is 14.3. The fourth-order valence-electron chi connectivity index (χ4n) is 16.4. The van der Waals surface area contributed by atoms with Gasteiger partial charge in [0.1, 0.15) is 59.1 Å². The topological polar surface area (TPSA) is 330 Å². The number of fused-ring (bicyclic) bond motifs is 4. The van der Waals surface area contributed by atoms with Crippen LogP contribution in [0.25, 0.3) is 66.4 Å². The lowest BCUT2D eigenvalue weighted by Gasteiger charge is -2.30. The van der Waals surface area contributed by atoms with Gasteiger partial charge in [0.2, 0.25) is 35.4 Å². The van der Waals surface area contributed by atoms with Crippen molar-refractivity contribution in [1.29, 1.82) is 0 Å². The Labute approximate surface area is 738 Å². The van der Waals surface area contributed by atoms with E-state index >= 15 is 17.6 Å². The van der Waals surface area contributed by atoms with Gasteiger partial charge in [-0.25, -0.2) is 17.6 Å². The van der Waals surface area contributed by atoms with Crippen LogP contribution in [0, 0.1) is 58.8 Å². The molecule has 24 nitrogen and oxygen atoms in total. The molecule has 4 fully saturated rings. The van der Waals surface area contributed by atoms with Crippen molar-refractivity contribution in [2.75, 3.05) is 26.2 Å². The zero-order valence-corrected chi connectivity index (χ0v) is 70.0. The van der Waals surface area contributed by atoms with Gasteiger partial charge < -0.3 is 69.9 Å². The summed E-state index contributed by atoms with van der Waals surface area (Å²) in [6, 6.07) is 5.37. The minimum Gasteiger partial charge on any atom is -0.461 e. The molecule has 16 atom stereocenters. The number of halogens is 4. The van der Waals surface area contributed by atoms with E-state index in [0.29, 0.717) is 0 Å². The van der Waals surface area contributed by atoms with Crippen LogP contribution in [-0.2, 0) is 82.9 Å². The number of carbonyl (C=O) groups excluding carboxylic acids is 10. The van der Waals surface area contributed by atoms with Crippen molar-refractivity contribution in [3.8, 4) is 22.8 Å². The summed E-state index contributed by atoms with van der Waals surface area (Å²) < 4.78 is 243. The molecule has 4 saturated heterocycles. The average Bonchev–Trinajstić information content (AvgIpc) is 1.56. The van der Waals surface area contributed by atoms with E-state index in [1.165, 1.54) is 56.9 Å². The lowest BCUT2D eigenvalue weighted by molar-refractivity contribution is -0.147. The van der Waals surface area contributed by atoms with Crippen LogP contribution in [0.5, 0.6) is 0 Å². The summed E-state index contributed by atoms with van der Waals surface area (Å²) in [5, 5.41) is 27.7. The van der Waals surface area contributed by atoms with Crippen LogP contribution in [0.3, 0.4) is 0 Å². The Kier molecular flexibility index (Phi) is 22.6. The molecule has 122 heavy (non-hydrogen) atoms. The molecule has 0 saturated carbocycles. The molecule has 8 heterocycles. The van der Waals surface area contributed by atoms with E-state index in [1.807, 2.05) is 0 Å². The molecular weight excluding hydrogens is 1570 g/mol. The lowest BCUT2D eigenvalue weighted by Crippen LogP contribution is -2.51. The number of aliphatic hydroxyl groups is 2. The highest BCUT2D eigenvalue weighted by atomic mass is 19.1. The number of H-pyrrole nitrogens is 4. The number of nitrogens with one attached hydrogen (secondary N) is 6. The second kappa shape index (κ2) is 40.4. The highest BCUT2D eigenvalue weighted by Gasteiger charge is 2.46. The number of hydrogen-bond donors (Lipinski definition) is 8. The summed E-state index contributed by atoms with van der Waals surface area (Å²) in [6.07, 6.45) is -18.9. The number of β-amino-alcohol motifs (C(OH)–C–C–N with tert-alkyl or cyclic N) is 2. The Bertz CT molecular complexity index is 5700. The molecule has 0 aliphatic carbocycles. The van der Waals surface area contributed by atoms with Gasteiger partial charge >= 0.3 is 11.9 Å². The molecule has 28 heteroatoms. The number of rotatable bonds is 34. The van der Waals surface area contributed by atoms with Crippen LogP contribution in [0.4, 0.5) is 17.6 Å². The Balaban J connectivity index is 0.000000272. The number of nitrogens with zero attached hydrogens (tertiary/aromatic N) is 4. The molecule has 4 aliphatic heterocycles. The third-order valence-electron chi connectivity index (χ3n) is 23.5. The first-order valence-corrected chi connectivity index (χ1v) is 41.6. The van der Waals surface area contributed by atoms with Gasteiger partial charge in [0.05, 0.1) is 48.1 Å². The first kappa shape index (κ1) is 68.2. The van der Waals surface area contributed by atoms with E-state index in [2.05, 4.69) is 30.6 Å². The zero-order chi connectivity index (χ0) is 106. The monoisotopic (exact) mass is 1710 g/mol. The molecule has 0 bridgehead atoms. The number of aliphatic hydroxyl groups excluding tert-OH is 2. The molecule has 6 amide bonds. The Morgan fingerprint density at radius 2 is 0.697 bits per heavy atom. The smallest absolute Gasteiger partial charge is 0.302 e. The number of aromatic nitrogens is 4. The number of hydrogen-bond acceptors (Lipinski definition) is 14. The quantitative estimate of drug-likeness (QED) is 0.0137. The number of ether oxygens (including phenoxy) is 2. The summed E-state index contributed by atoms with van der Waals surface area (Å²) in [5.74, 6) is -15.7. The highest BCUT2D eigenvalue weighted by Crippen LogP contribution is 2.44. The Hall–Kier alpha value is -10.2. The molecule has 8 N–H and O–H groups in total. The van der Waals surface area contributed by atoms with Crippen LogP contribution in [0.15, 0.2) is 72.8 Å². The summed E-state index contributed by atoms with van der Waals surface area (Å²) >= 11 is 0. The summed E-state index contributed by atoms with van der Waals surface area (Å²) in [6.45, 7) is 3.42. The lowest BCUT2D eigenvalue weighted by atomic mass is 9.90. The van der Waals surface area contributed by atoms with Crippen molar-refractivity contribution in [1.82, 2.24) is 50.2 Å². The number of Topliss-reactive ketones (excluding diaryl/α,β-unsaturated/α-hetero) is 2. The SMILES string of the molecule is [2H]C([2H])([2H])C[C@@H](C)C(=O)C[C@@H](CC)C(=O)N1C[C@@H](O)C[C@H]1C([2H])([2H])c1c(-c2[nH]c3cc(F)ccc3c2C([2H])([2H])[C@@H]2C[C@H](O)CN2C(=O)[C@H](CC)NC(=O)[C@H](C)CC([2H])([2H])[2H])[nH]c2cc(F)ccc12.[2H]C([2H])([2H])C[C@@H](C)C(=O)C[C@@H](CC)C(=O)N1C[C@@H](OC(C)=O)C[C@H]1C([2H])([2H])c1c(-c2[nH]c3cc(F)ccc3c2C([2H])([2H])[C@@H]2C[C@H](OC(C)=O)CN2C(=O)[C@H](CC)NC(=O)[C@H](C)CC([2H])([2H])[2H])[nH]c2cc(F)ccc12. The van der Waals surface area contributed by atoms with Gasteiger partial charge in [-0.05, 0) is 185 Å². The molecule has 12 rings (SSSR count). The van der Waals surface area contributed by atoms with E-state index in [0.717, 1.165) is 77.1 Å². The van der Waals surface area contributed by atoms with Gasteiger partial charge in [-0.2, -0.15) is 0 Å². The number of likely N-dealkylation sites (tertiary alicyclic amines) is 4. The van der Waals surface area contributed by atoms with E-state index < -0.39 is 257 Å². The van der Waals surface area contributed by atoms with Crippen molar-refractivity contribution in [3.05, 3.63) is 118 Å². The maximum absolute atomic E-state index is 15.2. The van der Waals surface area contributed by atoms with Crippen LogP contribution in [-0.4, -0.2) is 196 Å². The second-order valence-electron chi connectivity index (χ2n) is 32.5. The van der Waals surface area contributed by atoms with Crippen LogP contribution in [0.2, 0.25) is 0 Å². The maximum Gasteiger partial charge on any atom is 0.302 e. The van der Waals surface area contributed by atoms with Crippen molar-refractivity contribution in [2.24, 2.45) is 35.5 Å². The van der Waals surface area contributed by atoms with Crippen LogP contribution < -0.4 is 10.6 Å². The summed E-state index contributed by atoms with van der Waals surface area (Å²) in [4.78, 5) is 153. The van der Waals surface area contributed by atoms with Gasteiger partial charge in [0.15, 0.2) is 0 Å². The second-order valence-corrected chi connectivity index (χ2v) is 32.5. The van der Waals surface area contributed by atoms with E-state index in [4.69, 9.17) is 25.9 Å². The van der Waals surface area contributed by atoms with Crippen LogP contribution >= 0.6 is 0 Å². The first-order chi connectivity index (χ1) is 65.7. The van der Waals surface area contributed by atoms with Gasteiger partial charge in [-0.15, -0.1) is 0 Å². The van der Waals surface area contributed by atoms with E-state index in [-0.39, 0.29) is 179 Å². The molecule has 4 aliphatic rings. The molecular formula is C94H122F4N10O14. The van der Waals surface area contributed by atoms with Gasteiger partial charge in [-0.3, -0.25) is 47.9 Å². The highest BCUT2D eigenvalue weighted by molar-refractivity contribution is 5.99. The zero-order valence-electron chi connectivity index (χ0n) is 90.0. The third-order valence-corrected chi connectivity index (χ3v) is 23.5. The minimum atomic E-state index is -2.74. The first-order valence-electron chi connectivity index (χ1n) is 51.6. The van der Waals surface area contributed by atoms with Gasteiger partial charge in [0.25, 0.3) is 0 Å². The number of ketones is 2. The number of esters is 2. The molecule has 0 unspecified atom stereocenters. The molecule has 0 spiro atoms. The van der Waals surface area contributed by atoms with Crippen LogP contribution in [0.1, 0.15) is 236 Å². The molecule has 4 aromatic carbocycles. The number of aromatic amines is 4. The van der Waals surface area contributed by atoms with E-state index in [1.54, 1.807) is 27.7 Å². The molecule has 4 aromatic heterocycles. The molecule has 0 radical (unpaired) electrons. The number of benzene rings is 4. The third kappa shape index (κ3) is 20.8. The van der Waals surface area contributed by atoms with Crippen molar-refractivity contribution < 1.29 is 113 Å². The summed E-state index contributed by atoms with van der Waals surface area (Å²) in [5.41, 5.74) is -1.37. The molecule has 660 valence electrons. The van der Waals surface area contributed by atoms with E-state index in [9.17, 15) is 69.1 Å². The number of carbonyl (C=O) groups is 10. The largest absolute Gasteiger partial charge is 0.461 e. The maximum atomic E-state index is 15.2. The van der Waals surface area contributed by atoms with Gasteiger partial charge in [0, 0.05) is 183 Å². The van der Waals surface area contributed by atoms with Crippen molar-refractivity contribution in [2.45, 2.75) is 273 Å². The van der Waals surface area contributed by atoms with Gasteiger partial charge in [-0.1, -0.05) is 82.8 Å². The average molecular weight is 1710 g/mol.